The van der Waals surface area contributed by atoms with E-state index < -0.39 is 6.10 Å². The van der Waals surface area contributed by atoms with Crippen LogP contribution in [0.5, 0.6) is 0 Å². The predicted molar refractivity (Wildman–Crippen MR) is 151 cm³/mol. The summed E-state index contributed by atoms with van der Waals surface area (Å²) in [5.41, 5.74) is 5.66. The fraction of sp³-hybridized carbons (Fsp3) is 0.310. The lowest BCUT2D eigenvalue weighted by Gasteiger charge is -2.40. The van der Waals surface area contributed by atoms with E-state index in [-0.39, 0.29) is 18.2 Å². The van der Waals surface area contributed by atoms with Crippen LogP contribution in [-0.2, 0) is 17.7 Å². The number of carbonyl (C=O) groups excluding carboxylic acids is 2. The van der Waals surface area contributed by atoms with Crippen molar-refractivity contribution in [2.45, 2.75) is 44.9 Å². The number of anilines is 1. The van der Waals surface area contributed by atoms with Crippen LogP contribution in [0.2, 0.25) is 0 Å². The van der Waals surface area contributed by atoms with Gasteiger partial charge in [0.1, 0.15) is 10.7 Å². The number of piperidine rings is 1. The number of ether oxygens (including phenoxy) is 1. The van der Waals surface area contributed by atoms with Crippen LogP contribution in [0.4, 0.5) is 15.3 Å². The molecular formula is C29H29BrN6O3. The Morgan fingerprint density at radius 3 is 2.74 bits per heavy atom. The third-order valence-electron chi connectivity index (χ3n) is 7.57. The number of rotatable bonds is 5. The Bertz CT molecular complexity index is 1520. The molecule has 4 aromatic rings. The third-order valence-corrected chi connectivity index (χ3v) is 8.17. The first-order valence-corrected chi connectivity index (χ1v) is 13.9. The number of aromatic nitrogens is 3. The second kappa shape index (κ2) is 10.7. The van der Waals surface area contributed by atoms with E-state index in [1.54, 1.807) is 11.1 Å². The number of amides is 3. The summed E-state index contributed by atoms with van der Waals surface area (Å²) in [6.07, 6.45) is 2.70. The van der Waals surface area contributed by atoms with Gasteiger partial charge in [-0.05, 0) is 76.7 Å². The fourth-order valence-corrected chi connectivity index (χ4v) is 5.90. The molecule has 0 aliphatic carbocycles. The number of urea groups is 1. The number of hydrogen-bond acceptors (Lipinski definition) is 5. The molecule has 3 amide bonds. The topological polar surface area (TPSA) is 103 Å². The van der Waals surface area contributed by atoms with E-state index in [4.69, 9.17) is 4.74 Å². The van der Waals surface area contributed by atoms with Gasteiger partial charge in [-0.15, -0.1) is 0 Å². The highest BCUT2D eigenvalue weighted by Gasteiger charge is 2.33. The Morgan fingerprint density at radius 2 is 1.95 bits per heavy atom. The van der Waals surface area contributed by atoms with Crippen LogP contribution in [0.15, 0.2) is 65.4 Å². The van der Waals surface area contributed by atoms with Gasteiger partial charge in [0.05, 0.1) is 11.2 Å². The number of pyridine rings is 1. The van der Waals surface area contributed by atoms with E-state index in [1.165, 1.54) is 0 Å². The Kier molecular flexibility index (Phi) is 6.95. The van der Waals surface area contributed by atoms with Crippen molar-refractivity contribution in [3.63, 3.8) is 0 Å². The molecule has 2 N–H and O–H groups in total. The molecule has 1 saturated heterocycles. The standard InChI is InChI=1S/C29H29BrN6O3/c1-18-14-19(15-22-26(18)33-34-27(22)30)16-25(24-8-4-5-11-31-24)39-29(38)35-12-9-21(10-13-35)36-17-20-6-2-3-7-23(20)32-28(36)37/h2-8,11,14-15,21,25H,9-10,12-13,16-17H2,1H3,(H,32,37)(H,33,34). The summed E-state index contributed by atoms with van der Waals surface area (Å²) in [5.74, 6) is 0. The molecule has 6 rings (SSSR count). The van der Waals surface area contributed by atoms with Crippen LogP contribution in [-0.4, -0.2) is 56.2 Å². The normalized spacial score (nSPS) is 16.6. The van der Waals surface area contributed by atoms with E-state index >= 15 is 0 Å². The molecule has 1 fully saturated rings. The van der Waals surface area contributed by atoms with E-state index in [9.17, 15) is 9.59 Å². The lowest BCUT2D eigenvalue weighted by Crippen LogP contribution is -2.51. The average Bonchev–Trinajstić information content (AvgIpc) is 3.33. The van der Waals surface area contributed by atoms with Crippen LogP contribution in [0.3, 0.4) is 0 Å². The van der Waals surface area contributed by atoms with Gasteiger partial charge >= 0.3 is 12.1 Å². The monoisotopic (exact) mass is 588 g/mol. The minimum absolute atomic E-state index is 0.0668. The van der Waals surface area contributed by atoms with Crippen molar-refractivity contribution in [2.24, 2.45) is 0 Å². The molecule has 1 atom stereocenters. The molecule has 9 nitrogen and oxygen atoms in total. The number of likely N-dealkylation sites (tertiary alicyclic amines) is 1. The van der Waals surface area contributed by atoms with Gasteiger partial charge < -0.3 is 19.9 Å². The van der Waals surface area contributed by atoms with Gasteiger partial charge in [-0.1, -0.05) is 30.3 Å². The van der Waals surface area contributed by atoms with Gasteiger partial charge in [0, 0.05) is 49.4 Å². The highest BCUT2D eigenvalue weighted by Crippen LogP contribution is 2.31. The zero-order chi connectivity index (χ0) is 26.9. The van der Waals surface area contributed by atoms with E-state index in [1.807, 2.05) is 54.3 Å². The van der Waals surface area contributed by atoms with Gasteiger partial charge in [-0.25, -0.2) is 9.59 Å². The summed E-state index contributed by atoms with van der Waals surface area (Å²) in [5, 5.41) is 11.3. The summed E-state index contributed by atoms with van der Waals surface area (Å²) in [4.78, 5) is 34.2. The maximum Gasteiger partial charge on any atom is 0.410 e. The van der Waals surface area contributed by atoms with E-state index in [2.05, 4.69) is 48.6 Å². The summed E-state index contributed by atoms with van der Waals surface area (Å²) >= 11 is 3.53. The van der Waals surface area contributed by atoms with Crippen molar-refractivity contribution >= 4 is 44.6 Å². The van der Waals surface area contributed by atoms with Gasteiger partial charge in [0.15, 0.2) is 0 Å². The summed E-state index contributed by atoms with van der Waals surface area (Å²) in [6.45, 7) is 3.65. The second-order valence-electron chi connectivity index (χ2n) is 10.1. The van der Waals surface area contributed by atoms with Crippen LogP contribution >= 0.6 is 15.9 Å². The molecule has 0 saturated carbocycles. The van der Waals surface area contributed by atoms with Crippen molar-refractivity contribution in [1.29, 1.82) is 0 Å². The number of hydrogen-bond donors (Lipinski definition) is 2. The number of benzene rings is 2. The number of H-pyrrole nitrogens is 1. The van der Waals surface area contributed by atoms with Gasteiger partial charge in [0.25, 0.3) is 0 Å². The number of aryl methyl sites for hydroxylation is 1. The molecule has 2 aliphatic rings. The van der Waals surface area contributed by atoms with Crippen LogP contribution in [0, 0.1) is 6.92 Å². The summed E-state index contributed by atoms with van der Waals surface area (Å²) in [6, 6.07) is 17.6. The Balaban J connectivity index is 1.14. The number of aromatic amines is 1. The SMILES string of the molecule is Cc1cc(CC(OC(=O)N2CCC(N3Cc4ccccc4NC3=O)CC2)c2ccccn2)cc2c(Br)[nH]nc12. The van der Waals surface area contributed by atoms with Crippen LogP contribution in [0.1, 0.15) is 41.3 Å². The van der Waals surface area contributed by atoms with Crippen molar-refractivity contribution in [3.8, 4) is 0 Å². The number of carbonyl (C=O) groups is 2. The maximum absolute atomic E-state index is 13.3. The Hall–Kier alpha value is -3.92. The molecule has 0 bridgehead atoms. The first kappa shape index (κ1) is 25.4. The molecule has 10 heteroatoms. The minimum Gasteiger partial charge on any atom is -0.439 e. The Labute approximate surface area is 234 Å². The van der Waals surface area contributed by atoms with Crippen LogP contribution < -0.4 is 5.32 Å². The zero-order valence-corrected chi connectivity index (χ0v) is 23.1. The van der Waals surface area contributed by atoms with Crippen LogP contribution in [0.25, 0.3) is 10.9 Å². The number of fused-ring (bicyclic) bond motifs is 2. The first-order chi connectivity index (χ1) is 19.0. The van der Waals surface area contributed by atoms with Gasteiger partial charge in [-0.3, -0.25) is 10.1 Å². The number of nitrogens with one attached hydrogen (secondary N) is 2. The minimum atomic E-state index is -0.539. The molecule has 0 radical (unpaired) electrons. The zero-order valence-electron chi connectivity index (χ0n) is 21.6. The molecular weight excluding hydrogens is 560 g/mol. The molecule has 4 heterocycles. The van der Waals surface area contributed by atoms with Gasteiger partial charge in [-0.2, -0.15) is 5.10 Å². The lowest BCUT2D eigenvalue weighted by molar-refractivity contribution is 0.0463. The summed E-state index contributed by atoms with van der Waals surface area (Å²) in [7, 11) is 0. The molecule has 1 unspecified atom stereocenters. The molecule has 2 aliphatic heterocycles. The average molecular weight is 589 g/mol. The quantitative estimate of drug-likeness (QED) is 0.299. The maximum atomic E-state index is 13.3. The second-order valence-corrected chi connectivity index (χ2v) is 10.9. The first-order valence-electron chi connectivity index (χ1n) is 13.1. The largest absolute Gasteiger partial charge is 0.439 e. The van der Waals surface area contributed by atoms with Crippen molar-refractivity contribution < 1.29 is 14.3 Å². The number of halogens is 1. The summed E-state index contributed by atoms with van der Waals surface area (Å²) < 4.78 is 6.91. The van der Waals surface area contributed by atoms with Crippen molar-refractivity contribution in [2.75, 3.05) is 18.4 Å². The highest BCUT2D eigenvalue weighted by atomic mass is 79.9. The van der Waals surface area contributed by atoms with E-state index in [0.717, 1.165) is 37.9 Å². The molecule has 2 aromatic carbocycles. The van der Waals surface area contributed by atoms with E-state index in [0.29, 0.717) is 44.6 Å². The molecule has 200 valence electrons. The Morgan fingerprint density at radius 1 is 1.15 bits per heavy atom. The lowest BCUT2D eigenvalue weighted by atomic mass is 10.0. The van der Waals surface area contributed by atoms with Crippen molar-refractivity contribution in [3.05, 3.63) is 87.8 Å². The third kappa shape index (κ3) is 5.21. The van der Waals surface area contributed by atoms with Gasteiger partial charge in [0.2, 0.25) is 0 Å². The molecule has 2 aromatic heterocycles. The smallest absolute Gasteiger partial charge is 0.410 e. The van der Waals surface area contributed by atoms with Crippen molar-refractivity contribution in [1.82, 2.24) is 25.0 Å². The molecule has 0 spiro atoms. The predicted octanol–water partition coefficient (Wildman–Crippen LogP) is 5.96. The number of nitrogens with zero attached hydrogens (tertiary/aromatic N) is 4. The fourth-order valence-electron chi connectivity index (χ4n) is 5.51. The number of para-hydroxylation sites is 1. The molecule has 39 heavy (non-hydrogen) atoms. The highest BCUT2D eigenvalue weighted by molar-refractivity contribution is 9.10.